The molecule has 0 amide bonds. The fourth-order valence-electron chi connectivity index (χ4n) is 2.98. The molecule has 0 bridgehead atoms. The Bertz CT molecular complexity index is 533. The highest BCUT2D eigenvalue weighted by molar-refractivity contribution is 6.32. The van der Waals surface area contributed by atoms with Gasteiger partial charge >= 0.3 is 5.97 Å². The van der Waals surface area contributed by atoms with Gasteiger partial charge in [0, 0.05) is 11.1 Å². The number of benzene rings is 1. The summed E-state index contributed by atoms with van der Waals surface area (Å²) in [4.78, 5) is 11.8. The molecular weight excluding hydrogens is 292 g/mol. The van der Waals surface area contributed by atoms with Gasteiger partial charge in [0.2, 0.25) is 0 Å². The smallest absolute Gasteiger partial charge is 0.314 e. The molecule has 0 heterocycles. The number of rotatable bonds is 5. The zero-order valence-electron chi connectivity index (χ0n) is 12.6. The Morgan fingerprint density at radius 3 is 2.38 bits per heavy atom. The Kier molecular flexibility index (Phi) is 4.67. The number of carboxylic acids is 1. The van der Waals surface area contributed by atoms with Gasteiger partial charge in [-0.2, -0.15) is 0 Å². The third-order valence-electron chi connectivity index (χ3n) is 4.00. The van der Waals surface area contributed by atoms with Crippen LogP contribution in [0.4, 0.5) is 0 Å². The summed E-state index contributed by atoms with van der Waals surface area (Å²) in [5.41, 5.74) is -0.274. The SMILES string of the molecule is COc1cc(Cl)c(C2(C(=O)O)CCCC2)cc1OC(C)C. The topological polar surface area (TPSA) is 55.8 Å². The van der Waals surface area contributed by atoms with Crippen molar-refractivity contribution in [3.63, 3.8) is 0 Å². The van der Waals surface area contributed by atoms with Crippen molar-refractivity contribution in [2.45, 2.75) is 51.0 Å². The van der Waals surface area contributed by atoms with Gasteiger partial charge in [-0.25, -0.2) is 0 Å². The summed E-state index contributed by atoms with van der Waals surface area (Å²) in [6, 6.07) is 3.39. The molecule has 0 radical (unpaired) electrons. The molecule has 0 aliphatic heterocycles. The number of methoxy groups -OCH3 is 1. The van der Waals surface area contributed by atoms with Crippen LogP contribution >= 0.6 is 11.6 Å². The molecule has 0 aromatic heterocycles. The van der Waals surface area contributed by atoms with E-state index in [9.17, 15) is 9.90 Å². The van der Waals surface area contributed by atoms with Gasteiger partial charge in [-0.05, 0) is 38.3 Å². The van der Waals surface area contributed by atoms with Crippen LogP contribution < -0.4 is 9.47 Å². The maximum Gasteiger partial charge on any atom is 0.314 e. The van der Waals surface area contributed by atoms with Crippen LogP contribution in [0, 0.1) is 0 Å². The Hall–Kier alpha value is -1.42. The lowest BCUT2D eigenvalue weighted by Crippen LogP contribution is -2.33. The molecule has 0 atom stereocenters. The molecule has 1 N–H and O–H groups in total. The summed E-state index contributed by atoms with van der Waals surface area (Å²) in [5, 5.41) is 10.1. The van der Waals surface area contributed by atoms with Gasteiger partial charge in [-0.1, -0.05) is 24.4 Å². The predicted octanol–water partition coefficient (Wildman–Crippen LogP) is 4.03. The minimum atomic E-state index is -0.904. The van der Waals surface area contributed by atoms with E-state index in [4.69, 9.17) is 21.1 Å². The predicted molar refractivity (Wildman–Crippen MR) is 81.5 cm³/mol. The molecule has 4 nitrogen and oxygen atoms in total. The van der Waals surface area contributed by atoms with E-state index in [1.165, 1.54) is 0 Å². The van der Waals surface area contributed by atoms with Crippen LogP contribution in [0.3, 0.4) is 0 Å². The number of halogens is 1. The first-order valence-electron chi connectivity index (χ1n) is 7.19. The number of carboxylic acid groups (broad SMARTS) is 1. The first kappa shape index (κ1) is 16.0. The van der Waals surface area contributed by atoms with Crippen LogP contribution in [-0.2, 0) is 10.2 Å². The van der Waals surface area contributed by atoms with Crippen molar-refractivity contribution in [1.29, 1.82) is 0 Å². The summed E-state index contributed by atoms with van der Waals surface area (Å²) >= 11 is 6.33. The van der Waals surface area contributed by atoms with Crippen LogP contribution in [-0.4, -0.2) is 24.3 Å². The maximum absolute atomic E-state index is 11.8. The van der Waals surface area contributed by atoms with Crippen molar-refractivity contribution < 1.29 is 19.4 Å². The zero-order chi connectivity index (χ0) is 15.6. The van der Waals surface area contributed by atoms with Crippen molar-refractivity contribution in [3.05, 3.63) is 22.7 Å². The summed E-state index contributed by atoms with van der Waals surface area (Å²) in [5.74, 6) is 0.248. The lowest BCUT2D eigenvalue weighted by molar-refractivity contribution is -0.143. The molecule has 0 unspecified atom stereocenters. The molecule has 1 aliphatic carbocycles. The van der Waals surface area contributed by atoms with E-state index in [2.05, 4.69) is 0 Å². The van der Waals surface area contributed by atoms with Gasteiger partial charge in [-0.15, -0.1) is 0 Å². The van der Waals surface area contributed by atoms with Crippen molar-refractivity contribution in [1.82, 2.24) is 0 Å². The highest BCUT2D eigenvalue weighted by Crippen LogP contribution is 2.47. The highest BCUT2D eigenvalue weighted by atomic mass is 35.5. The molecule has 1 fully saturated rings. The summed E-state index contributed by atoms with van der Waals surface area (Å²) in [6.07, 6.45) is 2.98. The summed E-state index contributed by atoms with van der Waals surface area (Å²) in [6.45, 7) is 3.83. The lowest BCUT2D eigenvalue weighted by atomic mass is 9.79. The van der Waals surface area contributed by atoms with E-state index in [0.29, 0.717) is 34.9 Å². The second-order valence-corrected chi connectivity index (χ2v) is 6.15. The standard InChI is InChI=1S/C16H21ClO4/c1-10(2)21-14-8-11(12(17)9-13(14)20-3)16(15(18)19)6-4-5-7-16/h8-10H,4-7H2,1-3H3,(H,18,19). The largest absolute Gasteiger partial charge is 0.493 e. The van der Waals surface area contributed by atoms with Crippen LogP contribution in [0.1, 0.15) is 45.1 Å². The molecule has 21 heavy (non-hydrogen) atoms. The van der Waals surface area contributed by atoms with Gasteiger partial charge in [0.15, 0.2) is 11.5 Å². The van der Waals surface area contributed by atoms with Crippen LogP contribution in [0.25, 0.3) is 0 Å². The molecule has 1 aromatic rings. The third kappa shape index (κ3) is 2.95. The normalized spacial score (nSPS) is 17.0. The second-order valence-electron chi connectivity index (χ2n) is 5.74. The van der Waals surface area contributed by atoms with Crippen LogP contribution in [0.15, 0.2) is 12.1 Å². The first-order chi connectivity index (χ1) is 9.90. The molecule has 116 valence electrons. The fraction of sp³-hybridized carbons (Fsp3) is 0.562. The third-order valence-corrected chi connectivity index (χ3v) is 4.31. The quantitative estimate of drug-likeness (QED) is 0.891. The molecule has 1 saturated carbocycles. The summed E-state index contributed by atoms with van der Waals surface area (Å²) < 4.78 is 11.0. The molecule has 0 spiro atoms. The van der Waals surface area contributed by atoms with Crippen LogP contribution in [0.5, 0.6) is 11.5 Å². The molecule has 1 aliphatic rings. The molecule has 1 aromatic carbocycles. The van der Waals surface area contributed by atoms with Crippen molar-refractivity contribution >= 4 is 17.6 Å². The van der Waals surface area contributed by atoms with E-state index in [0.717, 1.165) is 12.8 Å². The number of carbonyl (C=O) groups is 1. The van der Waals surface area contributed by atoms with Gasteiger partial charge in [0.1, 0.15) is 0 Å². The summed E-state index contributed by atoms with van der Waals surface area (Å²) in [7, 11) is 1.54. The monoisotopic (exact) mass is 312 g/mol. The molecule has 5 heteroatoms. The molecule has 2 rings (SSSR count). The van der Waals surface area contributed by atoms with E-state index in [-0.39, 0.29) is 6.10 Å². The second kappa shape index (κ2) is 6.14. The average molecular weight is 313 g/mol. The van der Waals surface area contributed by atoms with Gasteiger partial charge in [0.25, 0.3) is 0 Å². The number of hydrogen-bond acceptors (Lipinski definition) is 3. The fourth-order valence-corrected chi connectivity index (χ4v) is 3.32. The van der Waals surface area contributed by atoms with E-state index in [1.54, 1.807) is 19.2 Å². The van der Waals surface area contributed by atoms with E-state index in [1.807, 2.05) is 13.8 Å². The Morgan fingerprint density at radius 1 is 1.29 bits per heavy atom. The Morgan fingerprint density at radius 2 is 1.90 bits per heavy atom. The number of ether oxygens (including phenoxy) is 2. The number of aliphatic carboxylic acids is 1. The van der Waals surface area contributed by atoms with Crippen molar-refractivity contribution in [3.8, 4) is 11.5 Å². The maximum atomic E-state index is 11.8. The van der Waals surface area contributed by atoms with Crippen molar-refractivity contribution in [2.75, 3.05) is 7.11 Å². The van der Waals surface area contributed by atoms with E-state index >= 15 is 0 Å². The van der Waals surface area contributed by atoms with Gasteiger partial charge < -0.3 is 14.6 Å². The minimum Gasteiger partial charge on any atom is -0.493 e. The molecule has 0 saturated heterocycles. The zero-order valence-corrected chi connectivity index (χ0v) is 13.4. The highest BCUT2D eigenvalue weighted by Gasteiger charge is 2.44. The Labute approximate surface area is 130 Å². The molecular formula is C16H21ClO4. The first-order valence-corrected chi connectivity index (χ1v) is 7.56. The van der Waals surface area contributed by atoms with Crippen molar-refractivity contribution in [2.24, 2.45) is 0 Å². The van der Waals surface area contributed by atoms with Gasteiger partial charge in [-0.3, -0.25) is 4.79 Å². The van der Waals surface area contributed by atoms with Crippen LogP contribution in [0.2, 0.25) is 5.02 Å². The lowest BCUT2D eigenvalue weighted by Gasteiger charge is -2.27. The average Bonchev–Trinajstić information content (AvgIpc) is 2.90. The minimum absolute atomic E-state index is 0.0303. The van der Waals surface area contributed by atoms with Gasteiger partial charge in [0.05, 0.1) is 18.6 Å². The number of hydrogen-bond donors (Lipinski definition) is 1. The Balaban J connectivity index is 2.55. The van der Waals surface area contributed by atoms with E-state index < -0.39 is 11.4 Å².